The molecule has 0 rings (SSSR count). The lowest BCUT2D eigenvalue weighted by molar-refractivity contribution is -0.138. The van der Waals surface area contributed by atoms with Crippen LogP contribution in [0.1, 0.15) is 6.92 Å². The van der Waals surface area contributed by atoms with Crippen molar-refractivity contribution in [2.45, 2.75) is 6.92 Å². The molecule has 0 heterocycles. The fourth-order valence-electron chi connectivity index (χ4n) is 0.546. The topological polar surface area (TPSA) is 83.8 Å². The Morgan fingerprint density at radius 3 is 2.42 bits per heavy atom. The molecule has 0 saturated carbocycles. The molecule has 0 bridgehead atoms. The molecule has 0 atom stereocenters. The van der Waals surface area contributed by atoms with Crippen molar-refractivity contribution in [1.82, 2.24) is 0 Å². The van der Waals surface area contributed by atoms with Crippen molar-refractivity contribution in [3.8, 4) is 0 Å². The zero-order chi connectivity index (χ0) is 9.78. The quantitative estimate of drug-likeness (QED) is 0.381. The van der Waals surface area contributed by atoms with Crippen LogP contribution in [0.5, 0.6) is 0 Å². The van der Waals surface area contributed by atoms with Gasteiger partial charge in [-0.2, -0.15) is 0 Å². The first-order valence-electron chi connectivity index (χ1n) is 3.26. The largest absolute Gasteiger partial charge is 0.463 e. The molecule has 5 nitrogen and oxygen atoms in total. The summed E-state index contributed by atoms with van der Waals surface area (Å²) in [5, 5.41) is 0. The molecule has 0 aromatic carbocycles. The molecule has 6 heteroatoms. The van der Waals surface area contributed by atoms with Crippen molar-refractivity contribution in [2.75, 3.05) is 12.8 Å². The van der Waals surface area contributed by atoms with Gasteiger partial charge in [-0.3, -0.25) is 4.57 Å². The van der Waals surface area contributed by atoms with Crippen LogP contribution in [0.4, 0.5) is 0 Å². The second kappa shape index (κ2) is 4.40. The number of rotatable bonds is 4. The summed E-state index contributed by atoms with van der Waals surface area (Å²) in [5.74, 6) is -0.763. The molecule has 0 aromatic heterocycles. The summed E-state index contributed by atoms with van der Waals surface area (Å²) in [4.78, 5) is 27.7. The molecule has 0 aliphatic rings. The van der Waals surface area contributed by atoms with E-state index in [1.54, 1.807) is 6.92 Å². The third kappa shape index (κ3) is 5.07. The second-order valence-electron chi connectivity index (χ2n) is 2.15. The second-order valence-corrected chi connectivity index (χ2v) is 3.79. The first-order chi connectivity index (χ1) is 5.37. The molecule has 0 aliphatic carbocycles. The zero-order valence-electron chi connectivity index (χ0n) is 6.69. The maximum absolute atomic E-state index is 10.8. The Balaban J connectivity index is 4.06. The minimum Gasteiger partial charge on any atom is -0.463 e. The van der Waals surface area contributed by atoms with Gasteiger partial charge in [0.15, 0.2) is 0 Å². The number of esters is 1. The van der Waals surface area contributed by atoms with E-state index in [1.807, 2.05) is 0 Å². The molecule has 0 aliphatic heterocycles. The van der Waals surface area contributed by atoms with Crippen molar-refractivity contribution in [3.05, 3.63) is 12.2 Å². The number of hydrogen-bond donors (Lipinski definition) is 2. The van der Waals surface area contributed by atoms with Crippen LogP contribution in [-0.4, -0.2) is 28.5 Å². The molecule has 0 amide bonds. The predicted molar refractivity (Wildman–Crippen MR) is 42.7 cm³/mol. The molecule has 0 fully saturated rings. The maximum Gasteiger partial charge on any atom is 0.334 e. The van der Waals surface area contributed by atoms with E-state index in [-0.39, 0.29) is 12.2 Å². The highest BCUT2D eigenvalue weighted by Gasteiger charge is 2.19. The van der Waals surface area contributed by atoms with Gasteiger partial charge in [0.05, 0.1) is 12.8 Å². The van der Waals surface area contributed by atoms with Crippen molar-refractivity contribution >= 4 is 13.6 Å². The first-order valence-corrected chi connectivity index (χ1v) is 5.06. The fraction of sp³-hybridized carbons (Fsp3) is 0.500. The third-order valence-corrected chi connectivity index (χ3v) is 1.75. The van der Waals surface area contributed by atoms with Crippen LogP contribution in [0.15, 0.2) is 12.2 Å². The van der Waals surface area contributed by atoms with Crippen molar-refractivity contribution in [3.63, 3.8) is 0 Å². The van der Waals surface area contributed by atoms with Crippen LogP contribution in [0.2, 0.25) is 0 Å². The lowest BCUT2D eigenvalue weighted by Crippen LogP contribution is -2.09. The molecule has 12 heavy (non-hydrogen) atoms. The van der Waals surface area contributed by atoms with Gasteiger partial charge in [0.1, 0.15) is 0 Å². The molecule has 0 saturated heterocycles. The fourth-order valence-corrected chi connectivity index (χ4v) is 1.17. The highest BCUT2D eigenvalue weighted by atomic mass is 31.2. The number of ether oxygens (including phenoxy) is 1. The average molecular weight is 194 g/mol. The van der Waals surface area contributed by atoms with Gasteiger partial charge in [0.25, 0.3) is 0 Å². The molecule has 0 aromatic rings. The Kier molecular flexibility index (Phi) is 4.17. The number of hydrogen-bond acceptors (Lipinski definition) is 3. The summed E-state index contributed by atoms with van der Waals surface area (Å²) in [6, 6.07) is 0. The van der Waals surface area contributed by atoms with Crippen LogP contribution in [0.25, 0.3) is 0 Å². The number of carbonyl (C=O) groups is 1. The van der Waals surface area contributed by atoms with Gasteiger partial charge in [-0.25, -0.2) is 4.79 Å². The Bertz CT molecular complexity index is 228. The molecular weight excluding hydrogens is 183 g/mol. The van der Waals surface area contributed by atoms with E-state index in [9.17, 15) is 9.36 Å². The predicted octanol–water partition coefficient (Wildman–Crippen LogP) is 0.283. The maximum atomic E-state index is 10.8. The average Bonchev–Trinajstić information content (AvgIpc) is 1.84. The van der Waals surface area contributed by atoms with Crippen LogP contribution >= 0.6 is 7.60 Å². The summed E-state index contributed by atoms with van der Waals surface area (Å²) in [6.45, 7) is 4.96. The van der Waals surface area contributed by atoms with E-state index in [0.29, 0.717) is 0 Å². The van der Waals surface area contributed by atoms with Crippen molar-refractivity contribution < 1.29 is 23.9 Å². The Morgan fingerprint density at radius 1 is 1.58 bits per heavy atom. The van der Waals surface area contributed by atoms with E-state index < -0.39 is 19.7 Å². The first kappa shape index (κ1) is 11.4. The van der Waals surface area contributed by atoms with E-state index in [4.69, 9.17) is 9.79 Å². The lowest BCUT2D eigenvalue weighted by atomic mass is 10.4. The lowest BCUT2D eigenvalue weighted by Gasteiger charge is -2.05. The van der Waals surface area contributed by atoms with Gasteiger partial charge in [-0.1, -0.05) is 6.58 Å². The highest BCUT2D eigenvalue weighted by Crippen LogP contribution is 2.36. The zero-order valence-corrected chi connectivity index (χ0v) is 7.58. The van der Waals surface area contributed by atoms with E-state index in [0.717, 1.165) is 0 Å². The third-order valence-electron chi connectivity index (χ3n) is 0.961. The monoisotopic (exact) mass is 194 g/mol. The summed E-state index contributed by atoms with van der Waals surface area (Å²) >= 11 is 0. The van der Waals surface area contributed by atoms with Crippen molar-refractivity contribution in [1.29, 1.82) is 0 Å². The highest BCUT2D eigenvalue weighted by molar-refractivity contribution is 7.52. The Morgan fingerprint density at radius 2 is 2.08 bits per heavy atom. The SMILES string of the molecule is C=C(CP(=O)(O)O)C(=O)OCC. The molecule has 0 spiro atoms. The molecular formula is C6H11O5P. The van der Waals surface area contributed by atoms with Gasteiger partial charge >= 0.3 is 13.6 Å². The normalized spacial score (nSPS) is 10.9. The summed E-state index contributed by atoms with van der Waals surface area (Å²) in [7, 11) is -4.20. The van der Waals surface area contributed by atoms with Crippen LogP contribution in [0, 0.1) is 0 Å². The Hall–Kier alpha value is -0.640. The Labute approximate surface area is 70.2 Å². The van der Waals surface area contributed by atoms with Gasteiger partial charge in [-0.05, 0) is 6.92 Å². The van der Waals surface area contributed by atoms with Gasteiger partial charge in [-0.15, -0.1) is 0 Å². The summed E-state index contributed by atoms with van der Waals surface area (Å²) in [6.07, 6.45) is -0.647. The summed E-state index contributed by atoms with van der Waals surface area (Å²) in [5.41, 5.74) is -0.204. The standard InChI is InChI=1S/C6H11O5P/c1-3-11-6(7)5(2)4-12(8,9)10/h2-4H2,1H3,(H2,8,9,10). The van der Waals surface area contributed by atoms with Gasteiger partial charge in [0.2, 0.25) is 0 Å². The van der Waals surface area contributed by atoms with E-state index in [2.05, 4.69) is 11.3 Å². The minimum atomic E-state index is -4.20. The van der Waals surface area contributed by atoms with E-state index >= 15 is 0 Å². The van der Waals surface area contributed by atoms with Crippen molar-refractivity contribution in [2.24, 2.45) is 0 Å². The minimum absolute atomic E-state index is 0.166. The van der Waals surface area contributed by atoms with Crippen LogP contribution < -0.4 is 0 Å². The van der Waals surface area contributed by atoms with Gasteiger partial charge in [0, 0.05) is 5.57 Å². The van der Waals surface area contributed by atoms with Gasteiger partial charge < -0.3 is 14.5 Å². The van der Waals surface area contributed by atoms with Crippen LogP contribution in [0.3, 0.4) is 0 Å². The summed E-state index contributed by atoms with van der Waals surface area (Å²) < 4.78 is 14.8. The van der Waals surface area contributed by atoms with Crippen LogP contribution in [-0.2, 0) is 14.1 Å². The molecule has 70 valence electrons. The molecule has 0 unspecified atom stereocenters. The molecule has 0 radical (unpaired) electrons. The molecule has 2 N–H and O–H groups in total. The smallest absolute Gasteiger partial charge is 0.334 e. The van der Waals surface area contributed by atoms with E-state index in [1.165, 1.54) is 0 Å². The number of carbonyl (C=O) groups excluding carboxylic acids is 1.